The summed E-state index contributed by atoms with van der Waals surface area (Å²) in [6, 6.07) is 1.77. The third-order valence-electron chi connectivity index (χ3n) is 4.70. The molecule has 4 heterocycles. The van der Waals surface area contributed by atoms with Crippen LogP contribution in [0.25, 0.3) is 11.0 Å². The van der Waals surface area contributed by atoms with Crippen molar-refractivity contribution in [3.63, 3.8) is 0 Å². The van der Waals surface area contributed by atoms with Crippen molar-refractivity contribution in [2.75, 3.05) is 20.8 Å². The third kappa shape index (κ3) is 2.35. The fourth-order valence-corrected chi connectivity index (χ4v) is 3.82. The van der Waals surface area contributed by atoms with Gasteiger partial charge in [0.05, 0.1) is 19.1 Å². The lowest BCUT2D eigenvalue weighted by atomic mass is 9.96. The maximum absolute atomic E-state index is 13.2. The van der Waals surface area contributed by atoms with Crippen LogP contribution in [-0.4, -0.2) is 63.8 Å². The second-order valence-electron chi connectivity index (χ2n) is 6.70. The summed E-state index contributed by atoms with van der Waals surface area (Å²) in [7, 11) is 2.93. The number of carbonyl (C=O) groups is 1. The summed E-state index contributed by atoms with van der Waals surface area (Å²) in [5, 5.41) is 2.09. The predicted molar refractivity (Wildman–Crippen MR) is 90.1 cm³/mol. The molecule has 0 N–H and O–H groups in total. The number of halogens is 1. The number of hydrogen-bond donors (Lipinski definition) is 0. The van der Waals surface area contributed by atoms with E-state index in [2.05, 4.69) is 9.97 Å². The molecule has 0 saturated carbocycles. The molecule has 0 bridgehead atoms. The molecule has 2 aromatic heterocycles. The second kappa shape index (κ2) is 5.86. The second-order valence-corrected chi connectivity index (χ2v) is 7.06. The minimum Gasteiger partial charge on any atom is -0.351 e. The van der Waals surface area contributed by atoms with Crippen LogP contribution in [0.4, 0.5) is 0 Å². The van der Waals surface area contributed by atoms with Crippen LogP contribution >= 0.6 is 11.6 Å². The lowest BCUT2D eigenvalue weighted by molar-refractivity contribution is -0.228. The van der Waals surface area contributed by atoms with E-state index in [1.54, 1.807) is 30.7 Å². The normalized spacial score (nSPS) is 29.9. The molecule has 0 unspecified atom stereocenters. The monoisotopic (exact) mass is 382 g/mol. The largest absolute Gasteiger partial charge is 0.351 e. The fraction of sp³-hybridized carbons (Fsp3) is 0.562. The van der Waals surface area contributed by atoms with Gasteiger partial charge in [-0.15, -0.1) is 0 Å². The Bertz CT molecular complexity index is 871. The molecule has 2 saturated heterocycles. The molecule has 10 heteroatoms. The van der Waals surface area contributed by atoms with E-state index in [1.807, 2.05) is 0 Å². The van der Waals surface area contributed by atoms with Crippen molar-refractivity contribution in [1.82, 2.24) is 19.6 Å². The van der Waals surface area contributed by atoms with Gasteiger partial charge in [0, 0.05) is 13.2 Å². The van der Waals surface area contributed by atoms with Crippen LogP contribution in [-0.2, 0) is 23.8 Å². The molecule has 2 fully saturated rings. The maximum atomic E-state index is 13.2. The first-order valence-electron chi connectivity index (χ1n) is 8.09. The molecule has 2 aliphatic heterocycles. The summed E-state index contributed by atoms with van der Waals surface area (Å²) >= 11 is 6.15. The Morgan fingerprint density at radius 1 is 1.46 bits per heavy atom. The average Bonchev–Trinajstić information content (AvgIpc) is 3.23. The van der Waals surface area contributed by atoms with Crippen LogP contribution < -0.4 is 0 Å². The summed E-state index contributed by atoms with van der Waals surface area (Å²) in [5.74, 6) is -1.35. The van der Waals surface area contributed by atoms with Crippen LogP contribution in [0, 0.1) is 0 Å². The van der Waals surface area contributed by atoms with Crippen LogP contribution in [0.2, 0.25) is 5.15 Å². The number of ether oxygens (including phenoxy) is 3. The molecule has 1 amide bonds. The molecule has 0 aromatic carbocycles. The SMILES string of the molecule is CON(C)C(=O)[C@@]12OC(C)(C)O[C@H]1CO[C@H]2n1ccc2c(Cl)ncnc21. The number of amides is 1. The number of nitrogens with zero attached hydrogens (tertiary/aromatic N) is 4. The Balaban J connectivity index is 1.87. The zero-order valence-electron chi connectivity index (χ0n) is 14.8. The van der Waals surface area contributed by atoms with Crippen molar-refractivity contribution >= 4 is 28.5 Å². The molecular weight excluding hydrogens is 364 g/mol. The summed E-state index contributed by atoms with van der Waals surface area (Å²) in [6.45, 7) is 3.71. The standard InChI is InChI=1S/C16H19ClN4O5/c1-15(2)25-10-7-24-14(16(10,26-15)13(22)20(3)23-4)21-6-5-9-11(17)18-8-19-12(9)21/h5-6,8,10,14H,7H2,1-4H3/t10-,14+,16-/m0/s1. The fourth-order valence-electron chi connectivity index (χ4n) is 3.63. The first-order chi connectivity index (χ1) is 12.3. The molecule has 2 aromatic rings. The molecule has 3 atom stereocenters. The van der Waals surface area contributed by atoms with Crippen molar-refractivity contribution in [2.45, 2.75) is 37.6 Å². The lowest BCUT2D eigenvalue weighted by Gasteiger charge is -2.34. The molecule has 0 spiro atoms. The molecule has 140 valence electrons. The van der Waals surface area contributed by atoms with Gasteiger partial charge >= 0.3 is 0 Å². The summed E-state index contributed by atoms with van der Waals surface area (Å²) in [4.78, 5) is 26.6. The van der Waals surface area contributed by atoms with Gasteiger partial charge in [-0.3, -0.25) is 9.63 Å². The van der Waals surface area contributed by atoms with Gasteiger partial charge in [-0.2, -0.15) is 0 Å². The summed E-state index contributed by atoms with van der Waals surface area (Å²) in [5.41, 5.74) is -0.881. The Morgan fingerprint density at radius 3 is 2.96 bits per heavy atom. The smallest absolute Gasteiger partial charge is 0.285 e. The van der Waals surface area contributed by atoms with Crippen molar-refractivity contribution in [3.05, 3.63) is 23.7 Å². The van der Waals surface area contributed by atoms with Crippen molar-refractivity contribution in [2.24, 2.45) is 0 Å². The highest BCUT2D eigenvalue weighted by Crippen LogP contribution is 2.50. The van der Waals surface area contributed by atoms with E-state index in [0.717, 1.165) is 5.06 Å². The zero-order chi connectivity index (χ0) is 18.7. The Kier molecular flexibility index (Phi) is 3.97. The highest BCUT2D eigenvalue weighted by atomic mass is 35.5. The Labute approximate surface area is 154 Å². The molecule has 0 aliphatic carbocycles. The van der Waals surface area contributed by atoms with E-state index in [0.29, 0.717) is 16.2 Å². The lowest BCUT2D eigenvalue weighted by Crippen LogP contribution is -2.56. The minimum atomic E-state index is -1.42. The van der Waals surface area contributed by atoms with Crippen molar-refractivity contribution < 1.29 is 23.8 Å². The van der Waals surface area contributed by atoms with Gasteiger partial charge in [-0.25, -0.2) is 15.0 Å². The summed E-state index contributed by atoms with van der Waals surface area (Å²) < 4.78 is 19.7. The number of hydrogen-bond acceptors (Lipinski definition) is 7. The maximum Gasteiger partial charge on any atom is 0.285 e. The van der Waals surface area contributed by atoms with E-state index >= 15 is 0 Å². The molecule has 4 rings (SSSR count). The van der Waals surface area contributed by atoms with Crippen molar-refractivity contribution in [3.8, 4) is 0 Å². The van der Waals surface area contributed by atoms with E-state index < -0.39 is 29.6 Å². The average molecular weight is 383 g/mol. The van der Waals surface area contributed by atoms with Gasteiger partial charge in [0.2, 0.25) is 5.60 Å². The number of rotatable bonds is 3. The first-order valence-corrected chi connectivity index (χ1v) is 8.47. The number of fused-ring (bicyclic) bond motifs is 2. The molecule has 2 aliphatic rings. The van der Waals surface area contributed by atoms with Gasteiger partial charge in [0.15, 0.2) is 12.0 Å². The molecular formula is C16H19ClN4O5. The molecule has 0 radical (unpaired) electrons. The quantitative estimate of drug-likeness (QED) is 0.587. The van der Waals surface area contributed by atoms with Crippen LogP contribution in [0.5, 0.6) is 0 Å². The highest BCUT2D eigenvalue weighted by molar-refractivity contribution is 6.33. The molecule has 9 nitrogen and oxygen atoms in total. The minimum absolute atomic E-state index is 0.190. The molecule has 26 heavy (non-hydrogen) atoms. The van der Waals surface area contributed by atoms with Gasteiger partial charge in [-0.1, -0.05) is 11.6 Å². The first kappa shape index (κ1) is 17.6. The number of carbonyl (C=O) groups excluding carboxylic acids is 1. The van der Waals surface area contributed by atoms with E-state index in [4.69, 9.17) is 30.6 Å². The van der Waals surface area contributed by atoms with Gasteiger partial charge in [-0.05, 0) is 19.9 Å². The summed E-state index contributed by atoms with van der Waals surface area (Å²) in [6.07, 6.45) is 1.71. The van der Waals surface area contributed by atoms with Gasteiger partial charge in [0.1, 0.15) is 23.2 Å². The third-order valence-corrected chi connectivity index (χ3v) is 5.00. The van der Waals surface area contributed by atoms with E-state index in [-0.39, 0.29) is 6.61 Å². The van der Waals surface area contributed by atoms with Crippen LogP contribution in [0.15, 0.2) is 18.6 Å². The van der Waals surface area contributed by atoms with Crippen LogP contribution in [0.3, 0.4) is 0 Å². The zero-order valence-corrected chi connectivity index (χ0v) is 15.6. The topological polar surface area (TPSA) is 87.9 Å². The van der Waals surface area contributed by atoms with E-state index in [1.165, 1.54) is 20.5 Å². The van der Waals surface area contributed by atoms with Gasteiger partial charge in [0.25, 0.3) is 5.91 Å². The number of likely N-dealkylation sites (N-methyl/N-ethyl adjacent to an activating group) is 1. The number of hydroxylamine groups is 2. The Hall–Kier alpha value is -1.78. The number of aromatic nitrogens is 3. The van der Waals surface area contributed by atoms with Crippen LogP contribution in [0.1, 0.15) is 20.1 Å². The Morgan fingerprint density at radius 2 is 2.23 bits per heavy atom. The van der Waals surface area contributed by atoms with E-state index in [9.17, 15) is 4.79 Å². The highest BCUT2D eigenvalue weighted by Gasteiger charge is 2.68. The predicted octanol–water partition coefficient (Wildman–Crippen LogP) is 1.52. The van der Waals surface area contributed by atoms with Crippen molar-refractivity contribution in [1.29, 1.82) is 0 Å². The van der Waals surface area contributed by atoms with Gasteiger partial charge < -0.3 is 18.8 Å².